The molecular formula is C16H20N6O2S2. The van der Waals surface area contributed by atoms with E-state index in [2.05, 4.69) is 31.7 Å². The summed E-state index contributed by atoms with van der Waals surface area (Å²) in [7, 11) is 3.28. The lowest BCUT2D eigenvalue weighted by molar-refractivity contribution is 0.410. The van der Waals surface area contributed by atoms with E-state index in [-0.39, 0.29) is 0 Å². The largest absolute Gasteiger partial charge is 0.493 e. The van der Waals surface area contributed by atoms with Gasteiger partial charge in [-0.25, -0.2) is 0 Å². The molecule has 0 amide bonds. The monoisotopic (exact) mass is 392 g/mol. The summed E-state index contributed by atoms with van der Waals surface area (Å²) in [6.45, 7) is 2.64. The highest BCUT2D eigenvalue weighted by atomic mass is 32.1. The first-order valence-electron chi connectivity index (χ1n) is 7.78. The molecule has 0 aliphatic carbocycles. The second-order valence-corrected chi connectivity index (χ2v) is 5.72. The van der Waals surface area contributed by atoms with E-state index in [0.717, 1.165) is 5.39 Å². The Morgan fingerprint density at radius 2 is 2.08 bits per heavy atom. The number of fused-ring (bicyclic) bond motifs is 1. The van der Waals surface area contributed by atoms with Gasteiger partial charge in [0.15, 0.2) is 27.3 Å². The van der Waals surface area contributed by atoms with E-state index in [0.29, 0.717) is 39.6 Å². The summed E-state index contributed by atoms with van der Waals surface area (Å²) in [4.78, 5) is 0. The van der Waals surface area contributed by atoms with Gasteiger partial charge in [-0.2, -0.15) is 10.2 Å². The van der Waals surface area contributed by atoms with E-state index in [1.165, 1.54) is 6.21 Å². The highest BCUT2D eigenvalue weighted by Crippen LogP contribution is 2.28. The van der Waals surface area contributed by atoms with Crippen LogP contribution in [0.15, 0.2) is 38.9 Å². The average Bonchev–Trinajstić information content (AvgIpc) is 3.08. The third-order valence-electron chi connectivity index (χ3n) is 3.18. The summed E-state index contributed by atoms with van der Waals surface area (Å²) >= 11 is 10.1. The molecule has 0 saturated heterocycles. The van der Waals surface area contributed by atoms with Crippen LogP contribution in [0.5, 0.6) is 5.75 Å². The van der Waals surface area contributed by atoms with Gasteiger partial charge in [-0.3, -0.25) is 10.9 Å². The third-order valence-corrected chi connectivity index (χ3v) is 3.71. The molecule has 1 aromatic carbocycles. The van der Waals surface area contributed by atoms with Crippen molar-refractivity contribution in [1.29, 1.82) is 0 Å². The zero-order valence-corrected chi connectivity index (χ0v) is 16.3. The Labute approximate surface area is 162 Å². The molecule has 4 N–H and O–H groups in total. The molecule has 0 spiro atoms. The number of hydrogen-bond acceptors (Lipinski definition) is 6. The number of para-hydroxylation sites is 1. The molecule has 138 valence electrons. The molecule has 2 rings (SSSR count). The van der Waals surface area contributed by atoms with Crippen LogP contribution in [0, 0.1) is 0 Å². The molecule has 0 unspecified atom stereocenters. The lowest BCUT2D eigenvalue weighted by Gasteiger charge is -2.04. The number of methoxy groups -OCH3 is 1. The molecular weight excluding hydrogens is 372 g/mol. The Hall–Kier alpha value is -2.72. The summed E-state index contributed by atoms with van der Waals surface area (Å²) in [5, 5.41) is 15.7. The maximum atomic E-state index is 5.90. The maximum absolute atomic E-state index is 5.90. The van der Waals surface area contributed by atoms with Gasteiger partial charge in [0, 0.05) is 19.0 Å². The fourth-order valence-corrected chi connectivity index (χ4v) is 2.23. The van der Waals surface area contributed by atoms with Crippen molar-refractivity contribution in [2.45, 2.75) is 6.92 Å². The second kappa shape index (κ2) is 9.68. The van der Waals surface area contributed by atoms with E-state index >= 15 is 0 Å². The standard InChI is InChI=1S/C16H20N6O2S2/c1-4-18-16(26)21-19-9-11(20-22-15(25)17-2)13-8-10-6-5-7-12(23-3)14(10)24-13/h5-9H,4H2,1-3H3,(H2,17,22,25)(H2,18,21,26)/b19-9-,20-11-. The quantitative estimate of drug-likeness (QED) is 0.335. The van der Waals surface area contributed by atoms with Crippen LogP contribution in [0.4, 0.5) is 0 Å². The van der Waals surface area contributed by atoms with Gasteiger partial charge in [-0.05, 0) is 43.5 Å². The van der Waals surface area contributed by atoms with E-state index in [4.69, 9.17) is 33.6 Å². The second-order valence-electron chi connectivity index (χ2n) is 4.91. The molecule has 0 saturated carbocycles. The summed E-state index contributed by atoms with van der Waals surface area (Å²) in [6, 6.07) is 7.47. The summed E-state index contributed by atoms with van der Waals surface area (Å²) in [5.74, 6) is 1.13. The molecule has 0 bridgehead atoms. The predicted octanol–water partition coefficient (Wildman–Crippen LogP) is 1.71. The van der Waals surface area contributed by atoms with Gasteiger partial charge in [-0.1, -0.05) is 12.1 Å². The highest BCUT2D eigenvalue weighted by molar-refractivity contribution is 7.80. The Kier molecular flexibility index (Phi) is 7.30. The minimum absolute atomic E-state index is 0.362. The molecule has 2 aromatic rings. The van der Waals surface area contributed by atoms with Gasteiger partial charge >= 0.3 is 0 Å². The number of nitrogens with zero attached hydrogens (tertiary/aromatic N) is 2. The van der Waals surface area contributed by atoms with Crippen molar-refractivity contribution >= 4 is 57.6 Å². The van der Waals surface area contributed by atoms with Gasteiger partial charge in [-0.15, -0.1) is 0 Å². The van der Waals surface area contributed by atoms with Gasteiger partial charge in [0.25, 0.3) is 0 Å². The molecule has 0 radical (unpaired) electrons. The van der Waals surface area contributed by atoms with Crippen LogP contribution in [0.2, 0.25) is 0 Å². The van der Waals surface area contributed by atoms with Crippen LogP contribution in [0.1, 0.15) is 12.7 Å². The van der Waals surface area contributed by atoms with Crippen LogP contribution < -0.4 is 26.2 Å². The molecule has 0 fully saturated rings. The predicted molar refractivity (Wildman–Crippen MR) is 112 cm³/mol. The van der Waals surface area contributed by atoms with E-state index in [1.807, 2.05) is 31.2 Å². The number of hydrogen-bond donors (Lipinski definition) is 4. The van der Waals surface area contributed by atoms with Crippen LogP contribution in [0.3, 0.4) is 0 Å². The SMILES string of the molecule is CCNC(=S)N/N=C\C(=N\NC(=S)NC)c1cc2cccc(OC)c2o1. The lowest BCUT2D eigenvalue weighted by atomic mass is 10.2. The van der Waals surface area contributed by atoms with Crippen molar-refractivity contribution in [3.8, 4) is 5.75 Å². The fourth-order valence-electron chi connectivity index (χ4n) is 1.99. The van der Waals surface area contributed by atoms with Crippen LogP contribution in [0.25, 0.3) is 11.0 Å². The fraction of sp³-hybridized carbons (Fsp3) is 0.250. The number of benzene rings is 1. The third kappa shape index (κ3) is 5.14. The first kappa shape index (κ1) is 19.6. The minimum atomic E-state index is 0.362. The van der Waals surface area contributed by atoms with Crippen molar-refractivity contribution in [2.75, 3.05) is 20.7 Å². The molecule has 0 aliphatic rings. The van der Waals surface area contributed by atoms with Gasteiger partial charge in [0.05, 0.1) is 13.3 Å². The van der Waals surface area contributed by atoms with E-state index in [9.17, 15) is 0 Å². The molecule has 1 aromatic heterocycles. The zero-order chi connectivity index (χ0) is 18.9. The Bertz CT molecular complexity index is 846. The first-order chi connectivity index (χ1) is 12.6. The molecule has 8 nitrogen and oxygen atoms in total. The zero-order valence-electron chi connectivity index (χ0n) is 14.6. The van der Waals surface area contributed by atoms with Crippen molar-refractivity contribution in [3.63, 3.8) is 0 Å². The van der Waals surface area contributed by atoms with Crippen molar-refractivity contribution in [3.05, 3.63) is 30.0 Å². The Morgan fingerprint density at radius 3 is 2.77 bits per heavy atom. The van der Waals surface area contributed by atoms with Crippen molar-refractivity contribution in [2.24, 2.45) is 10.2 Å². The molecule has 0 atom stereocenters. The van der Waals surface area contributed by atoms with Gasteiger partial charge < -0.3 is 19.8 Å². The Morgan fingerprint density at radius 1 is 1.27 bits per heavy atom. The smallest absolute Gasteiger partial charge is 0.186 e. The number of ether oxygens (including phenoxy) is 1. The topological polar surface area (TPSA) is 95.2 Å². The van der Waals surface area contributed by atoms with Crippen molar-refractivity contribution < 1.29 is 9.15 Å². The number of hydrazone groups is 2. The van der Waals surface area contributed by atoms with Gasteiger partial charge in [0.2, 0.25) is 0 Å². The molecule has 10 heteroatoms. The normalized spacial score (nSPS) is 11.4. The van der Waals surface area contributed by atoms with Gasteiger partial charge in [0.1, 0.15) is 5.71 Å². The van der Waals surface area contributed by atoms with Crippen LogP contribution in [-0.2, 0) is 0 Å². The summed E-state index contributed by atoms with van der Waals surface area (Å²) < 4.78 is 11.2. The van der Waals surface area contributed by atoms with Crippen LogP contribution in [-0.4, -0.2) is 42.9 Å². The van der Waals surface area contributed by atoms with Crippen LogP contribution >= 0.6 is 24.4 Å². The number of thiocarbonyl (C=S) groups is 2. The first-order valence-corrected chi connectivity index (χ1v) is 8.60. The van der Waals surface area contributed by atoms with E-state index < -0.39 is 0 Å². The highest BCUT2D eigenvalue weighted by Gasteiger charge is 2.12. The summed E-state index contributed by atoms with van der Waals surface area (Å²) in [6.07, 6.45) is 1.49. The number of rotatable bonds is 6. The average molecular weight is 393 g/mol. The number of furan rings is 1. The summed E-state index contributed by atoms with van der Waals surface area (Å²) in [5.41, 5.74) is 6.47. The maximum Gasteiger partial charge on any atom is 0.186 e. The van der Waals surface area contributed by atoms with Crippen molar-refractivity contribution in [1.82, 2.24) is 21.5 Å². The molecule has 1 heterocycles. The Balaban J connectivity index is 2.32. The van der Waals surface area contributed by atoms with E-state index in [1.54, 1.807) is 14.2 Å². The minimum Gasteiger partial charge on any atom is -0.493 e. The molecule has 26 heavy (non-hydrogen) atoms. The molecule has 0 aliphatic heterocycles. The number of nitrogens with one attached hydrogen (secondary N) is 4. The lowest BCUT2D eigenvalue weighted by Crippen LogP contribution is -2.32.